The lowest BCUT2D eigenvalue weighted by Gasteiger charge is -2.36. The number of ether oxygens (including phenoxy) is 3. The summed E-state index contributed by atoms with van der Waals surface area (Å²) >= 11 is 0. The lowest BCUT2D eigenvalue weighted by molar-refractivity contribution is -0.143. The molecule has 2 aliphatic carbocycles. The Bertz CT molecular complexity index is 2140. The fourth-order valence-corrected chi connectivity index (χ4v) is 8.33. The van der Waals surface area contributed by atoms with Gasteiger partial charge in [0.25, 0.3) is 5.91 Å². The van der Waals surface area contributed by atoms with E-state index in [2.05, 4.69) is 21.9 Å². The second-order valence-corrected chi connectivity index (χ2v) is 18.8. The number of hydrogen-bond acceptors (Lipinski definition) is 10. The van der Waals surface area contributed by atoms with Crippen molar-refractivity contribution in [3.05, 3.63) is 67.3 Å². The molecule has 4 amide bonds. The molecule has 15 heteroatoms. The van der Waals surface area contributed by atoms with E-state index in [1.54, 1.807) is 60.8 Å². The first-order valence-electron chi connectivity index (χ1n) is 18.8. The quantitative estimate of drug-likeness (QED) is 0.214. The van der Waals surface area contributed by atoms with Gasteiger partial charge in [-0.05, 0) is 57.6 Å². The van der Waals surface area contributed by atoms with Crippen LogP contribution in [0.4, 0.5) is 4.79 Å². The minimum absolute atomic E-state index is 0.0122. The number of nitrogens with one attached hydrogen (secondary N) is 3. The molecule has 2 saturated carbocycles. The van der Waals surface area contributed by atoms with E-state index in [0.717, 1.165) is 5.56 Å². The first-order valence-corrected chi connectivity index (χ1v) is 20.3. The number of carbonyl (C=O) groups excluding carboxylic acids is 4. The third-order valence-electron chi connectivity index (χ3n) is 10.2. The van der Waals surface area contributed by atoms with Crippen LogP contribution in [0.3, 0.4) is 0 Å². The predicted molar refractivity (Wildman–Crippen MR) is 210 cm³/mol. The molecule has 0 bridgehead atoms. The Morgan fingerprint density at radius 2 is 1.71 bits per heavy atom. The van der Waals surface area contributed by atoms with Gasteiger partial charge in [0.15, 0.2) is 0 Å². The van der Waals surface area contributed by atoms with Gasteiger partial charge in [0.1, 0.15) is 40.8 Å². The molecule has 1 saturated heterocycles. The number of benzene rings is 2. The average Bonchev–Trinajstić information content (AvgIpc) is 4.06. The number of rotatable bonds is 12. The molecule has 2 aromatic carbocycles. The van der Waals surface area contributed by atoms with E-state index in [1.807, 2.05) is 42.5 Å². The van der Waals surface area contributed by atoms with Crippen molar-refractivity contribution < 1.29 is 41.8 Å². The fourth-order valence-electron chi connectivity index (χ4n) is 6.97. The van der Waals surface area contributed by atoms with Crippen LogP contribution in [0.5, 0.6) is 11.5 Å². The molecule has 6 rings (SSSR count). The van der Waals surface area contributed by atoms with Gasteiger partial charge in [0.2, 0.25) is 21.8 Å². The molecule has 3 fully saturated rings. The van der Waals surface area contributed by atoms with Gasteiger partial charge in [-0.3, -0.25) is 19.1 Å². The Balaban J connectivity index is 1.34. The number of sulfonamides is 1. The van der Waals surface area contributed by atoms with E-state index in [4.69, 9.17) is 19.2 Å². The Morgan fingerprint density at radius 1 is 1.02 bits per heavy atom. The van der Waals surface area contributed by atoms with Gasteiger partial charge in [-0.2, -0.15) is 0 Å². The van der Waals surface area contributed by atoms with E-state index < -0.39 is 79.7 Å². The van der Waals surface area contributed by atoms with Gasteiger partial charge in [-0.25, -0.2) is 18.2 Å². The van der Waals surface area contributed by atoms with Crippen molar-refractivity contribution in [2.75, 3.05) is 13.7 Å². The van der Waals surface area contributed by atoms with E-state index in [0.29, 0.717) is 40.9 Å². The molecule has 0 unspecified atom stereocenters. The number of fused-ring (bicyclic) bond motifs is 1. The van der Waals surface area contributed by atoms with Crippen molar-refractivity contribution in [1.82, 2.24) is 25.2 Å². The van der Waals surface area contributed by atoms with Crippen molar-refractivity contribution in [3.8, 4) is 22.8 Å². The van der Waals surface area contributed by atoms with Crippen molar-refractivity contribution in [3.63, 3.8) is 0 Å². The Hall–Kier alpha value is -5.18. The molecule has 3 N–H and O–H groups in total. The SMILES string of the molecule is C=C[C@H]1C[C@@]1(NC(=O)[C@@H]1C[C@@H](Oc2cc(-c3ccccc3)nc3cc(OC)ccc23)CN1C(=O)[C@@H](NC(=O)OC(C)(C)C)C(C)(C)C)C(=O)NS(=O)(=O)C1CC1. The van der Waals surface area contributed by atoms with Gasteiger partial charge in [-0.1, -0.05) is 57.2 Å². The number of likely N-dealkylation sites (tertiary alicyclic amines) is 1. The lowest BCUT2D eigenvalue weighted by atomic mass is 9.85. The maximum Gasteiger partial charge on any atom is 0.408 e. The minimum atomic E-state index is -3.92. The Labute approximate surface area is 327 Å². The van der Waals surface area contributed by atoms with Gasteiger partial charge in [0, 0.05) is 35.4 Å². The Morgan fingerprint density at radius 3 is 2.30 bits per heavy atom. The zero-order valence-corrected chi connectivity index (χ0v) is 33.7. The number of amides is 4. The first-order chi connectivity index (χ1) is 26.2. The molecule has 56 heavy (non-hydrogen) atoms. The number of nitrogens with zero attached hydrogens (tertiary/aromatic N) is 2. The number of alkyl carbamates (subject to hydrolysis) is 1. The molecule has 5 atom stereocenters. The van der Waals surface area contributed by atoms with E-state index in [-0.39, 0.29) is 19.4 Å². The average molecular weight is 790 g/mol. The minimum Gasteiger partial charge on any atom is -0.497 e. The molecule has 300 valence electrons. The maximum atomic E-state index is 14.7. The zero-order chi connectivity index (χ0) is 40.8. The zero-order valence-electron chi connectivity index (χ0n) is 32.9. The number of pyridine rings is 1. The monoisotopic (exact) mass is 789 g/mol. The third kappa shape index (κ3) is 8.77. The molecule has 1 aromatic heterocycles. The molecule has 3 aliphatic rings. The van der Waals surface area contributed by atoms with Crippen LogP contribution in [-0.2, 0) is 29.1 Å². The molecule has 0 spiro atoms. The third-order valence-corrected chi connectivity index (χ3v) is 12.0. The standard InChI is InChI=1S/C41H51N5O9S/c1-9-25-22-41(25,37(49)45-56(51,52)28-16-17-28)44-35(47)32-20-27(23-46(32)36(48)34(39(2,3)4)43-38(50)55-40(5,6)7)54-33-21-30(24-13-11-10-12-14-24)42-31-19-26(53-8)15-18-29(31)33/h9-15,18-19,21,25,27-28,32,34H,1,16-17,20,22-23H2,2-8H3,(H,43,50)(H,44,47)(H,45,49)/t25-,27+,32-,34+,41-/m0/s1. The van der Waals surface area contributed by atoms with Crippen LogP contribution in [0, 0.1) is 11.3 Å². The highest BCUT2D eigenvalue weighted by Crippen LogP contribution is 2.46. The number of methoxy groups -OCH3 is 1. The number of hydrogen-bond donors (Lipinski definition) is 3. The van der Waals surface area contributed by atoms with Gasteiger partial charge < -0.3 is 29.7 Å². The summed E-state index contributed by atoms with van der Waals surface area (Å²) in [6.45, 7) is 14.2. The van der Waals surface area contributed by atoms with Crippen molar-refractivity contribution in [2.24, 2.45) is 11.3 Å². The van der Waals surface area contributed by atoms with Crippen LogP contribution in [-0.4, -0.2) is 90.3 Å². The lowest BCUT2D eigenvalue weighted by Crippen LogP contribution is -2.60. The van der Waals surface area contributed by atoms with E-state index in [1.165, 1.54) is 11.0 Å². The summed E-state index contributed by atoms with van der Waals surface area (Å²) in [5, 5.41) is 5.56. The highest BCUT2D eigenvalue weighted by atomic mass is 32.2. The van der Waals surface area contributed by atoms with Gasteiger partial charge in [-0.15, -0.1) is 6.58 Å². The highest BCUT2D eigenvalue weighted by Gasteiger charge is 2.62. The molecule has 2 heterocycles. The molecule has 14 nitrogen and oxygen atoms in total. The predicted octanol–water partition coefficient (Wildman–Crippen LogP) is 4.87. The second kappa shape index (κ2) is 15.1. The van der Waals surface area contributed by atoms with Crippen LogP contribution in [0.15, 0.2) is 67.3 Å². The summed E-state index contributed by atoms with van der Waals surface area (Å²) in [6.07, 6.45) is 1.01. The van der Waals surface area contributed by atoms with Crippen LogP contribution < -0.4 is 24.8 Å². The summed E-state index contributed by atoms with van der Waals surface area (Å²) in [6, 6.07) is 14.5. The molecule has 1 aliphatic heterocycles. The normalized spacial score (nSPS) is 22.8. The Kier molecular flexibility index (Phi) is 10.9. The van der Waals surface area contributed by atoms with Crippen LogP contribution in [0.25, 0.3) is 22.2 Å². The van der Waals surface area contributed by atoms with E-state index >= 15 is 0 Å². The topological polar surface area (TPSA) is 182 Å². The van der Waals surface area contributed by atoms with Crippen molar-refractivity contribution in [1.29, 1.82) is 0 Å². The fraction of sp³-hybridized carbons (Fsp3) is 0.488. The van der Waals surface area contributed by atoms with Gasteiger partial charge >= 0.3 is 6.09 Å². The summed E-state index contributed by atoms with van der Waals surface area (Å²) < 4.78 is 45.4. The highest BCUT2D eigenvalue weighted by molar-refractivity contribution is 7.91. The summed E-state index contributed by atoms with van der Waals surface area (Å²) in [5.74, 6) is -1.56. The van der Waals surface area contributed by atoms with Gasteiger partial charge in [0.05, 0.1) is 30.1 Å². The molecule has 3 aromatic rings. The summed E-state index contributed by atoms with van der Waals surface area (Å²) in [7, 11) is -2.35. The molecular weight excluding hydrogens is 739 g/mol. The first kappa shape index (κ1) is 40.5. The smallest absolute Gasteiger partial charge is 0.408 e. The number of carbonyl (C=O) groups is 4. The van der Waals surface area contributed by atoms with E-state index in [9.17, 15) is 27.6 Å². The summed E-state index contributed by atoms with van der Waals surface area (Å²) in [4.78, 5) is 61.9. The van der Waals surface area contributed by atoms with Crippen LogP contribution >= 0.6 is 0 Å². The van der Waals surface area contributed by atoms with Crippen LogP contribution in [0.1, 0.15) is 67.2 Å². The largest absolute Gasteiger partial charge is 0.497 e. The second-order valence-electron chi connectivity index (χ2n) is 16.9. The molecule has 0 radical (unpaired) electrons. The summed E-state index contributed by atoms with van der Waals surface area (Å²) in [5.41, 5.74) is -1.16. The maximum absolute atomic E-state index is 14.7. The van der Waals surface area contributed by atoms with Crippen LogP contribution in [0.2, 0.25) is 0 Å². The number of aromatic nitrogens is 1. The van der Waals surface area contributed by atoms with Crippen molar-refractivity contribution in [2.45, 2.75) is 102 Å². The van der Waals surface area contributed by atoms with Crippen molar-refractivity contribution >= 4 is 44.7 Å². The molecular formula is C41H51N5O9S.